The van der Waals surface area contributed by atoms with Crippen LogP contribution in [0.5, 0.6) is 0 Å². The maximum Gasteiger partial charge on any atom is 0.472 e. The van der Waals surface area contributed by atoms with Crippen LogP contribution in [0.25, 0.3) is 0 Å². The third-order valence-electron chi connectivity index (χ3n) is 16.1. The van der Waals surface area contributed by atoms with Crippen molar-refractivity contribution in [2.45, 2.75) is 354 Å². The lowest BCUT2D eigenvalue weighted by atomic mass is 10.0. The van der Waals surface area contributed by atoms with E-state index in [1.807, 2.05) is 33.3 Å². The van der Waals surface area contributed by atoms with Gasteiger partial charge in [-0.1, -0.05) is 299 Å². The van der Waals surface area contributed by atoms with Gasteiger partial charge in [-0.25, -0.2) is 4.57 Å². The molecule has 0 heterocycles. The van der Waals surface area contributed by atoms with Crippen molar-refractivity contribution in [1.29, 1.82) is 0 Å². The zero-order chi connectivity index (χ0) is 62.1. The van der Waals surface area contributed by atoms with Crippen molar-refractivity contribution in [3.63, 3.8) is 0 Å². The van der Waals surface area contributed by atoms with Gasteiger partial charge >= 0.3 is 13.8 Å². The van der Waals surface area contributed by atoms with Gasteiger partial charge in [-0.2, -0.15) is 0 Å². The van der Waals surface area contributed by atoms with Crippen LogP contribution in [0.3, 0.4) is 0 Å². The molecule has 2 N–H and O–H groups in total. The number of hydrogen-bond donors (Lipinski definition) is 2. The van der Waals surface area contributed by atoms with Gasteiger partial charge in [-0.15, -0.1) is 0 Å². The number of rotatable bonds is 66. The SMILES string of the molecule is CCCCC/C=C\C/C=C\C/C=C\C/C=C\CCCCCCCCCCCCCC(=O)NC(COP(=O)(O)OCC[N+](C)(C)C)C(/C=C\CCCCCCCCCCCCC)OC(=O)CCCCCCCCCCC/C=C/CCCCCCCC. The second-order valence-electron chi connectivity index (χ2n) is 25.8. The predicted molar refractivity (Wildman–Crippen MR) is 369 cm³/mol. The predicted octanol–water partition coefficient (Wildman–Crippen LogP) is 23.1. The summed E-state index contributed by atoms with van der Waals surface area (Å²) >= 11 is 0. The van der Waals surface area contributed by atoms with Gasteiger partial charge in [0.2, 0.25) is 5.91 Å². The van der Waals surface area contributed by atoms with Crippen molar-refractivity contribution in [2.75, 3.05) is 40.9 Å². The molecule has 0 bridgehead atoms. The highest BCUT2D eigenvalue weighted by molar-refractivity contribution is 7.47. The molecule has 0 saturated heterocycles. The maximum absolute atomic E-state index is 13.6. The number of amides is 1. The Bertz CT molecular complexity index is 1680. The number of unbranched alkanes of at least 4 members (excludes halogenated alkanes) is 40. The van der Waals surface area contributed by atoms with E-state index in [1.165, 1.54) is 231 Å². The summed E-state index contributed by atoms with van der Waals surface area (Å²) in [7, 11) is 1.50. The number of quaternary nitrogens is 1. The lowest BCUT2D eigenvalue weighted by Crippen LogP contribution is -2.47. The van der Waals surface area contributed by atoms with Crippen LogP contribution in [-0.2, 0) is 27.9 Å². The minimum absolute atomic E-state index is 0.0384. The Morgan fingerprint density at radius 2 is 0.718 bits per heavy atom. The Hall–Kier alpha value is -2.55. The first-order valence-electron chi connectivity index (χ1n) is 36.3. The highest BCUT2D eigenvalue weighted by Crippen LogP contribution is 2.43. The van der Waals surface area contributed by atoms with Gasteiger partial charge in [0.1, 0.15) is 19.3 Å². The van der Waals surface area contributed by atoms with Crippen molar-refractivity contribution in [3.8, 4) is 0 Å². The number of phosphoric acid groups is 1. The average molecular weight is 1210 g/mol. The number of likely N-dealkylation sites (N-methyl/N-ethyl adjacent to an activating group) is 1. The molecule has 0 spiro atoms. The minimum atomic E-state index is -4.46. The first-order valence-corrected chi connectivity index (χ1v) is 37.8. The Balaban J connectivity index is 5.07. The summed E-state index contributed by atoms with van der Waals surface area (Å²) in [6.45, 7) is 7.02. The van der Waals surface area contributed by atoms with Crippen LogP contribution >= 0.6 is 7.82 Å². The Morgan fingerprint density at radius 1 is 0.412 bits per heavy atom. The fourth-order valence-electron chi connectivity index (χ4n) is 10.5. The van der Waals surface area contributed by atoms with Gasteiger partial charge < -0.3 is 19.4 Å². The number of esters is 1. The summed E-state index contributed by atoms with van der Waals surface area (Å²) in [4.78, 5) is 37.9. The van der Waals surface area contributed by atoms with E-state index >= 15 is 0 Å². The number of phosphoric ester groups is 1. The van der Waals surface area contributed by atoms with Crippen molar-refractivity contribution in [2.24, 2.45) is 0 Å². The molecule has 0 aromatic rings. The molecule has 0 aliphatic rings. The number of allylic oxidation sites excluding steroid dienone is 11. The van der Waals surface area contributed by atoms with E-state index in [9.17, 15) is 19.0 Å². The topological polar surface area (TPSA) is 111 Å². The molecule has 10 heteroatoms. The number of ether oxygens (including phenoxy) is 1. The minimum Gasteiger partial charge on any atom is -0.456 e. The van der Waals surface area contributed by atoms with Crippen LogP contribution in [-0.4, -0.2) is 74.3 Å². The van der Waals surface area contributed by atoms with Gasteiger partial charge in [-0.3, -0.25) is 18.6 Å². The van der Waals surface area contributed by atoms with Crippen LogP contribution in [0.15, 0.2) is 72.9 Å². The van der Waals surface area contributed by atoms with Crippen LogP contribution in [0.4, 0.5) is 0 Å². The average Bonchev–Trinajstić information content (AvgIpc) is 3.53. The zero-order valence-corrected chi connectivity index (χ0v) is 57.7. The van der Waals surface area contributed by atoms with E-state index in [1.54, 1.807) is 0 Å². The number of carbonyl (C=O) groups excluding carboxylic acids is 2. The van der Waals surface area contributed by atoms with E-state index in [4.69, 9.17) is 13.8 Å². The molecule has 1 amide bonds. The Kier molecular flexibility index (Phi) is 62.5. The molecular formula is C75H140N2O7P+. The smallest absolute Gasteiger partial charge is 0.456 e. The first-order chi connectivity index (χ1) is 41.4. The molecule has 3 unspecified atom stereocenters. The molecule has 0 aromatic heterocycles. The van der Waals surface area contributed by atoms with Crippen LogP contribution < -0.4 is 5.32 Å². The van der Waals surface area contributed by atoms with Gasteiger partial charge in [0.25, 0.3) is 0 Å². The molecule has 496 valence electrons. The first kappa shape index (κ1) is 82.5. The molecular weight excluding hydrogens is 1070 g/mol. The van der Waals surface area contributed by atoms with Crippen molar-refractivity contribution < 1.29 is 37.3 Å². The van der Waals surface area contributed by atoms with Crippen molar-refractivity contribution in [3.05, 3.63) is 72.9 Å². The second-order valence-corrected chi connectivity index (χ2v) is 27.2. The molecule has 0 saturated carbocycles. The second kappa shape index (κ2) is 64.4. The van der Waals surface area contributed by atoms with E-state index in [0.717, 1.165) is 77.0 Å². The summed E-state index contributed by atoms with van der Waals surface area (Å²) in [5, 5.41) is 3.07. The molecule has 85 heavy (non-hydrogen) atoms. The van der Waals surface area contributed by atoms with Crippen molar-refractivity contribution >= 4 is 19.7 Å². The van der Waals surface area contributed by atoms with Crippen LogP contribution in [0.2, 0.25) is 0 Å². The van der Waals surface area contributed by atoms with E-state index < -0.39 is 20.0 Å². The monoisotopic (exact) mass is 1210 g/mol. The number of carbonyl (C=O) groups is 2. The van der Waals surface area contributed by atoms with E-state index in [2.05, 4.69) is 86.8 Å². The summed E-state index contributed by atoms with van der Waals surface area (Å²) in [5.74, 6) is -0.500. The molecule has 0 aliphatic heterocycles. The number of hydrogen-bond acceptors (Lipinski definition) is 6. The van der Waals surface area contributed by atoms with Crippen LogP contribution in [0.1, 0.15) is 342 Å². The van der Waals surface area contributed by atoms with Gasteiger partial charge in [0.15, 0.2) is 0 Å². The third kappa shape index (κ3) is 65.7. The van der Waals surface area contributed by atoms with Gasteiger partial charge in [-0.05, 0) is 102 Å². The Labute approximate surface area is 527 Å². The quantitative estimate of drug-likeness (QED) is 0.0205. The standard InChI is InChI=1S/C75H139N2O7P/c1-7-10-13-16-19-22-25-28-30-32-34-35-36-37-38-39-40-41-43-44-46-49-52-55-58-61-64-67-74(78)76-72(71-83-85(80,81)82-70-69-77(4,5)6)73(66-63-60-57-54-51-48-27-24-21-18-15-12-9-3)84-75(79)68-65-62-59-56-53-50-47-45-42-33-31-29-26-23-20-17-14-11-8-2/h19,22,28-31,34-35,37-38,63,66,72-73H,7-18,20-21,23-27,32-33,36,39-62,64-65,67-71H2,1-6H3,(H-,76,78,80,81)/p+1/b22-19-,30-28-,31-29+,35-34-,38-37-,66-63-. The lowest BCUT2D eigenvalue weighted by Gasteiger charge is -2.27. The third-order valence-corrected chi connectivity index (χ3v) is 17.1. The fraction of sp³-hybridized carbons (Fsp3) is 0.813. The summed E-state index contributed by atoms with van der Waals surface area (Å²) in [6, 6.07) is -0.854. The molecule has 0 aromatic carbocycles. The van der Waals surface area contributed by atoms with E-state index in [0.29, 0.717) is 17.4 Å². The van der Waals surface area contributed by atoms with E-state index in [-0.39, 0.29) is 31.5 Å². The maximum atomic E-state index is 13.6. The fourth-order valence-corrected chi connectivity index (χ4v) is 11.2. The highest BCUT2D eigenvalue weighted by Gasteiger charge is 2.30. The molecule has 0 fully saturated rings. The van der Waals surface area contributed by atoms with Crippen LogP contribution in [0, 0.1) is 0 Å². The molecule has 3 atom stereocenters. The largest absolute Gasteiger partial charge is 0.472 e. The lowest BCUT2D eigenvalue weighted by molar-refractivity contribution is -0.870. The molecule has 0 rings (SSSR count). The highest BCUT2D eigenvalue weighted by atomic mass is 31.2. The zero-order valence-electron chi connectivity index (χ0n) is 56.9. The molecule has 0 radical (unpaired) electrons. The normalized spacial score (nSPS) is 13.9. The summed E-state index contributed by atoms with van der Waals surface area (Å²) in [6.07, 6.45) is 84.8. The number of nitrogens with one attached hydrogen (secondary N) is 1. The summed E-state index contributed by atoms with van der Waals surface area (Å²) in [5.41, 5.74) is 0. The van der Waals surface area contributed by atoms with Crippen molar-refractivity contribution in [1.82, 2.24) is 5.32 Å². The Morgan fingerprint density at radius 3 is 1.11 bits per heavy atom. The molecule has 9 nitrogen and oxygen atoms in total. The summed E-state index contributed by atoms with van der Waals surface area (Å²) < 4.78 is 30.9. The molecule has 0 aliphatic carbocycles. The van der Waals surface area contributed by atoms with Gasteiger partial charge in [0.05, 0.1) is 33.8 Å². The van der Waals surface area contributed by atoms with Gasteiger partial charge in [0, 0.05) is 12.8 Å². The number of nitrogens with zero attached hydrogens (tertiary/aromatic N) is 1.